The first kappa shape index (κ1) is 13.5. The Morgan fingerprint density at radius 1 is 1.21 bits per heavy atom. The van der Waals surface area contributed by atoms with Crippen molar-refractivity contribution in [3.63, 3.8) is 0 Å². The van der Waals surface area contributed by atoms with E-state index in [2.05, 4.69) is 10.2 Å². The molecule has 0 aliphatic carbocycles. The van der Waals surface area contributed by atoms with E-state index >= 15 is 0 Å². The molecule has 1 fully saturated rings. The van der Waals surface area contributed by atoms with E-state index in [0.717, 1.165) is 10.9 Å². The number of phenols is 1. The van der Waals surface area contributed by atoms with Crippen LogP contribution in [0, 0.1) is 0 Å². The van der Waals surface area contributed by atoms with Gasteiger partial charge in [-0.1, -0.05) is 30.3 Å². The number of ether oxygens (including phenoxy) is 3. The first-order valence-corrected chi connectivity index (χ1v) is 9.10. The number of hydrogen-bond donors (Lipinski definition) is 2. The van der Waals surface area contributed by atoms with Crippen molar-refractivity contribution >= 4 is 13.2 Å². The van der Waals surface area contributed by atoms with Gasteiger partial charge in [0.1, 0.15) is 0 Å². The zero-order valence-corrected chi connectivity index (χ0v) is 14.4. The van der Waals surface area contributed by atoms with E-state index in [-0.39, 0.29) is 11.4 Å². The molecule has 0 unspecified atom stereocenters. The Balaban J connectivity index is 2.10. The summed E-state index contributed by atoms with van der Waals surface area (Å²) in [5.41, 5.74) is 0.527. The Kier molecular flexibility index (Phi) is 4.15. The summed E-state index contributed by atoms with van der Waals surface area (Å²) in [4.78, 5) is 0. The first-order valence-electron chi connectivity index (χ1n) is 8.90. The van der Waals surface area contributed by atoms with Crippen LogP contribution < -0.4 is 14.8 Å². The summed E-state index contributed by atoms with van der Waals surface area (Å²) in [6.07, 6.45) is -1.37. The van der Waals surface area contributed by atoms with Gasteiger partial charge in [-0.15, -0.1) is 0 Å². The topological polar surface area (TPSA) is 68.2 Å². The van der Waals surface area contributed by atoms with Gasteiger partial charge in [-0.2, -0.15) is 0 Å². The molecule has 2 N–H and O–H groups in total. The lowest BCUT2D eigenvalue weighted by Crippen LogP contribution is -2.26. The fourth-order valence-electron chi connectivity index (χ4n) is 2.76. The number of rotatable bonds is 6. The van der Waals surface area contributed by atoms with Crippen molar-refractivity contribution in [2.24, 2.45) is 0 Å². The average molecular weight is 351 g/mol. The van der Waals surface area contributed by atoms with Crippen LogP contribution in [-0.2, 0) is 4.74 Å². The molecule has 1 saturated heterocycles. The predicted octanol–water partition coefficient (Wildman–Crippen LogP) is 2.95. The second-order valence-electron chi connectivity index (χ2n) is 5.36. The molecule has 1 aliphatic rings. The molecule has 0 spiro atoms. The van der Waals surface area contributed by atoms with Crippen molar-refractivity contribution in [3.05, 3.63) is 48.0 Å². The standard InChI is InChI=1S/C18H21O5P/c1-21-14-8-12(9-15(22-2)18(14)20)16-10-17(19)23-11-24(16)13-6-4-3-5-7-13/h3-9,16-17,19-20H,10-11H2,1-2H3/t16-,17-,24-/m1/s1/i10D,19D/hD/t10-,16+,17+,24+/m0. The molecule has 1 aliphatic heterocycles. The fourth-order valence-corrected chi connectivity index (χ4v) is 5.11. The minimum absolute atomic E-state index is 0.176. The van der Waals surface area contributed by atoms with E-state index in [1.54, 1.807) is 12.1 Å². The van der Waals surface area contributed by atoms with Crippen LogP contribution in [0.1, 0.15) is 19.0 Å². The third kappa shape index (κ3) is 3.34. The van der Waals surface area contributed by atoms with Crippen LogP contribution >= 0.6 is 7.92 Å². The molecule has 3 rings (SSSR count). The van der Waals surface area contributed by atoms with E-state index in [4.69, 9.17) is 18.4 Å². The van der Waals surface area contributed by atoms with Gasteiger partial charge >= 0.3 is 0 Å². The quantitative estimate of drug-likeness (QED) is 0.783. The molecule has 0 bridgehead atoms. The van der Waals surface area contributed by atoms with Gasteiger partial charge in [0.25, 0.3) is 1.43 Å². The Morgan fingerprint density at radius 3 is 2.50 bits per heavy atom. The summed E-state index contributed by atoms with van der Waals surface area (Å²) < 4.78 is 39.5. The summed E-state index contributed by atoms with van der Waals surface area (Å²) in [6, 6.07) is 13.4. The second kappa shape index (κ2) is 7.39. The summed E-state index contributed by atoms with van der Waals surface area (Å²) in [5.74, 6) is 0.878. The predicted molar refractivity (Wildman–Crippen MR) is 93.5 cm³/mol. The molecule has 0 amide bonds. The van der Waals surface area contributed by atoms with Gasteiger partial charge in [0.05, 0.1) is 20.6 Å². The molecule has 2 aromatic carbocycles. The lowest BCUT2D eigenvalue weighted by atomic mass is 10.1. The van der Waals surface area contributed by atoms with Crippen LogP contribution in [0.15, 0.2) is 42.5 Å². The molecule has 5 nitrogen and oxygen atoms in total. The van der Waals surface area contributed by atoms with Crippen LogP contribution in [0.5, 0.6) is 17.2 Å². The summed E-state index contributed by atoms with van der Waals surface area (Å²) in [5, 5.41) is 10.4. The van der Waals surface area contributed by atoms with E-state index in [1.165, 1.54) is 14.2 Å². The highest BCUT2D eigenvalue weighted by Crippen LogP contribution is 2.57. The SMILES string of the molecule is [2H]Oc1c(OC)cc([C@H]2[C@H]([2H])[C@H](O[2H])OC[P@]2c2ccccc2)cc1OC. The fraction of sp³-hybridized carbons (Fsp3) is 0.333. The lowest BCUT2D eigenvalue weighted by molar-refractivity contribution is -0.0928. The Hall–Kier alpha value is -1.81. The van der Waals surface area contributed by atoms with E-state index in [9.17, 15) is 0 Å². The smallest absolute Gasteiger partial charge is 0.293 e. The van der Waals surface area contributed by atoms with E-state index in [1.807, 2.05) is 30.3 Å². The van der Waals surface area contributed by atoms with Crippen LogP contribution in [0.3, 0.4) is 0 Å². The molecule has 1 heterocycles. The monoisotopic (exact) mass is 351 g/mol. The zero-order valence-electron chi connectivity index (χ0n) is 16.5. The van der Waals surface area contributed by atoms with Crippen molar-refractivity contribution in [3.8, 4) is 17.2 Å². The van der Waals surface area contributed by atoms with Gasteiger partial charge in [0, 0.05) is 13.4 Å². The highest BCUT2D eigenvalue weighted by atomic mass is 31.1. The van der Waals surface area contributed by atoms with E-state index < -0.39 is 20.6 Å². The molecule has 24 heavy (non-hydrogen) atoms. The number of aromatic hydroxyl groups is 1. The summed E-state index contributed by atoms with van der Waals surface area (Å²) in [6.45, 7) is 0. The molecule has 6 heteroatoms. The third-order valence-electron chi connectivity index (χ3n) is 3.97. The average Bonchev–Trinajstić information content (AvgIpc) is 2.72. The molecule has 4 atom stereocenters. The van der Waals surface area contributed by atoms with Crippen molar-refractivity contribution in [2.75, 3.05) is 20.6 Å². The summed E-state index contributed by atoms with van der Waals surface area (Å²) >= 11 is 0. The van der Waals surface area contributed by atoms with Gasteiger partial charge in [0.15, 0.2) is 17.8 Å². The second-order valence-corrected chi connectivity index (χ2v) is 7.63. The molecular formula is C18H21O5P. The lowest BCUT2D eigenvalue weighted by Gasteiger charge is -2.35. The highest BCUT2D eigenvalue weighted by molar-refractivity contribution is 7.65. The first-order chi connectivity index (χ1) is 13.1. The van der Waals surface area contributed by atoms with Gasteiger partial charge < -0.3 is 24.4 Å². The van der Waals surface area contributed by atoms with Crippen LogP contribution in [0.4, 0.5) is 0 Å². The van der Waals surface area contributed by atoms with Crippen LogP contribution in [0.25, 0.3) is 0 Å². The highest BCUT2D eigenvalue weighted by Gasteiger charge is 2.33. The van der Waals surface area contributed by atoms with Crippen molar-refractivity contribution in [2.45, 2.75) is 18.3 Å². The Morgan fingerprint density at radius 2 is 1.92 bits per heavy atom. The minimum Gasteiger partial charge on any atom is -0.502 e. The molecular weight excluding hydrogens is 327 g/mol. The number of methoxy groups -OCH3 is 2. The van der Waals surface area contributed by atoms with Crippen molar-refractivity contribution in [1.82, 2.24) is 0 Å². The van der Waals surface area contributed by atoms with Gasteiger partial charge in [0.2, 0.25) is 7.18 Å². The number of aliphatic hydroxyl groups excluding tert-OH is 1. The normalized spacial score (nSPS) is 28.3. The van der Waals surface area contributed by atoms with Crippen LogP contribution in [-0.4, -0.2) is 39.9 Å². The summed E-state index contributed by atoms with van der Waals surface area (Å²) in [7, 11) is 2.07. The van der Waals surface area contributed by atoms with E-state index in [0.29, 0.717) is 17.8 Å². The number of hydrogen-bond acceptors (Lipinski definition) is 5. The molecule has 0 radical (unpaired) electrons. The van der Waals surface area contributed by atoms with Crippen molar-refractivity contribution < 1.29 is 25.8 Å². The number of aliphatic hydroxyl groups is 1. The largest absolute Gasteiger partial charge is 0.502 e. The maximum absolute atomic E-state index is 8.65. The molecule has 0 saturated carbocycles. The van der Waals surface area contributed by atoms with Gasteiger partial charge in [-0.05, 0) is 30.9 Å². The number of benzene rings is 2. The Bertz CT molecular complexity index is 739. The third-order valence-corrected chi connectivity index (χ3v) is 6.50. The maximum atomic E-state index is 8.65. The van der Waals surface area contributed by atoms with Gasteiger partial charge in [-0.25, -0.2) is 0 Å². The Labute approximate surface area is 146 Å². The van der Waals surface area contributed by atoms with Crippen LogP contribution in [0.2, 0.25) is 0 Å². The molecule has 128 valence electrons. The zero-order chi connectivity index (χ0) is 19.4. The molecule has 2 aromatic rings. The number of phenolic OH excluding ortho intramolecular Hbond substituents is 1. The maximum Gasteiger partial charge on any atom is 0.293 e. The minimum atomic E-state index is -0.943. The van der Waals surface area contributed by atoms with Gasteiger partial charge in [-0.3, -0.25) is 0 Å². The van der Waals surface area contributed by atoms with Crippen molar-refractivity contribution in [1.29, 1.82) is 2.86 Å². The molecule has 0 aromatic heterocycles.